The van der Waals surface area contributed by atoms with Crippen LogP contribution in [0.1, 0.15) is 26.7 Å². The molecule has 2 nitrogen and oxygen atoms in total. The molecule has 0 spiro atoms. The Morgan fingerprint density at radius 2 is 2.19 bits per heavy atom. The van der Waals surface area contributed by atoms with Crippen LogP contribution in [0.4, 0.5) is 5.69 Å². The van der Waals surface area contributed by atoms with Gasteiger partial charge in [0.2, 0.25) is 0 Å². The van der Waals surface area contributed by atoms with Crippen molar-refractivity contribution < 1.29 is 0 Å². The second-order valence-corrected chi connectivity index (χ2v) is 6.58. The van der Waals surface area contributed by atoms with Crippen molar-refractivity contribution in [3.63, 3.8) is 0 Å². The van der Waals surface area contributed by atoms with Crippen molar-refractivity contribution >= 4 is 28.2 Å². The lowest BCUT2D eigenvalue weighted by atomic mass is 9.83. The zero-order valence-corrected chi connectivity index (χ0v) is 13.3. The van der Waals surface area contributed by atoms with Gasteiger partial charge in [0.05, 0.1) is 10.5 Å². The first-order valence-electron chi connectivity index (χ1n) is 7.58. The van der Waals surface area contributed by atoms with Gasteiger partial charge in [-0.1, -0.05) is 30.2 Å². The van der Waals surface area contributed by atoms with Gasteiger partial charge in [-0.25, -0.2) is 0 Å². The minimum Gasteiger partial charge on any atom is -0.384 e. The second-order valence-electron chi connectivity index (χ2n) is 6.17. The summed E-state index contributed by atoms with van der Waals surface area (Å²) < 4.78 is 0. The molecule has 110 valence electrons. The molecule has 0 radical (unpaired) electrons. The molecule has 1 N–H and O–H groups in total. The summed E-state index contributed by atoms with van der Waals surface area (Å²) in [6, 6.07) is 8.01. The number of fused-ring (bicyclic) bond motifs is 1. The number of hydrogen-bond donors (Lipinski definition) is 1. The monoisotopic (exact) mass is 300 g/mol. The lowest BCUT2D eigenvalue weighted by Crippen LogP contribution is -2.20. The molecule has 2 aromatic rings. The van der Waals surface area contributed by atoms with Crippen LogP contribution in [0, 0.1) is 11.8 Å². The van der Waals surface area contributed by atoms with Gasteiger partial charge in [-0.05, 0) is 55.9 Å². The third kappa shape index (κ3) is 3.21. The highest BCUT2D eigenvalue weighted by atomic mass is 35.5. The van der Waals surface area contributed by atoms with Crippen molar-refractivity contribution in [3.8, 4) is 0 Å². The number of anilines is 1. The molecule has 1 aliphatic carbocycles. The Morgan fingerprint density at radius 1 is 1.33 bits per heavy atom. The zero-order valence-electron chi connectivity index (χ0n) is 12.6. The number of nitrogens with zero attached hydrogens (tertiary/aromatic N) is 1. The van der Waals surface area contributed by atoms with Gasteiger partial charge in [-0.2, -0.15) is 0 Å². The molecule has 1 aromatic heterocycles. The molecule has 1 aromatic carbocycles. The van der Waals surface area contributed by atoms with E-state index < -0.39 is 0 Å². The number of nitrogens with one attached hydrogen (secondary N) is 1. The van der Waals surface area contributed by atoms with E-state index in [2.05, 4.69) is 42.4 Å². The first-order valence-corrected chi connectivity index (χ1v) is 7.95. The summed E-state index contributed by atoms with van der Waals surface area (Å²) in [5.74, 6) is 1.39. The minimum atomic E-state index is 0.689. The standard InChI is InChI=1S/C18H21ClN2/c1-12-8-13(2)10-14(9-12)11-21-17-6-5-16(19)18-15(17)4-3-7-20-18/h3-8,12,14,21H,9-11H2,1-2H3. The Labute approximate surface area is 131 Å². The number of hydrogen-bond acceptors (Lipinski definition) is 2. The second kappa shape index (κ2) is 6.07. The van der Waals surface area contributed by atoms with Crippen molar-refractivity contribution in [1.82, 2.24) is 4.98 Å². The number of benzene rings is 1. The highest BCUT2D eigenvalue weighted by molar-refractivity contribution is 6.35. The smallest absolute Gasteiger partial charge is 0.0908 e. The van der Waals surface area contributed by atoms with E-state index in [1.165, 1.54) is 18.4 Å². The van der Waals surface area contributed by atoms with Gasteiger partial charge in [0.15, 0.2) is 0 Å². The molecule has 2 unspecified atom stereocenters. The molecular weight excluding hydrogens is 280 g/mol. The van der Waals surface area contributed by atoms with Crippen LogP contribution in [-0.4, -0.2) is 11.5 Å². The third-order valence-corrected chi connectivity index (χ3v) is 4.49. The average molecular weight is 301 g/mol. The maximum Gasteiger partial charge on any atom is 0.0908 e. The maximum atomic E-state index is 6.22. The first-order chi connectivity index (χ1) is 10.1. The zero-order chi connectivity index (χ0) is 14.8. The van der Waals surface area contributed by atoms with Gasteiger partial charge in [0.1, 0.15) is 0 Å². The van der Waals surface area contributed by atoms with Gasteiger partial charge in [-0.15, -0.1) is 0 Å². The Hall–Kier alpha value is -1.54. The van der Waals surface area contributed by atoms with Gasteiger partial charge in [-0.3, -0.25) is 4.98 Å². The fourth-order valence-electron chi connectivity index (χ4n) is 3.39. The number of pyridine rings is 1. The molecule has 1 aliphatic rings. The summed E-state index contributed by atoms with van der Waals surface area (Å²) in [7, 11) is 0. The van der Waals surface area contributed by atoms with Gasteiger partial charge in [0, 0.05) is 23.8 Å². The van der Waals surface area contributed by atoms with E-state index in [1.807, 2.05) is 12.1 Å². The lowest BCUT2D eigenvalue weighted by Gasteiger charge is -2.26. The highest BCUT2D eigenvalue weighted by Crippen LogP contribution is 2.31. The molecule has 0 saturated heterocycles. The molecule has 3 rings (SSSR count). The van der Waals surface area contributed by atoms with Crippen LogP contribution >= 0.6 is 11.6 Å². The number of rotatable bonds is 3. The normalized spacial score (nSPS) is 22.1. The van der Waals surface area contributed by atoms with Crippen LogP contribution in [0.15, 0.2) is 42.1 Å². The fraction of sp³-hybridized carbons (Fsp3) is 0.389. The van der Waals surface area contributed by atoms with Crippen molar-refractivity contribution in [1.29, 1.82) is 0 Å². The van der Waals surface area contributed by atoms with Crippen molar-refractivity contribution in [2.75, 3.05) is 11.9 Å². The molecule has 0 amide bonds. The van der Waals surface area contributed by atoms with Crippen LogP contribution in [-0.2, 0) is 0 Å². The first kappa shape index (κ1) is 14.4. The van der Waals surface area contributed by atoms with Crippen molar-refractivity contribution in [2.24, 2.45) is 11.8 Å². The number of allylic oxidation sites excluding steroid dienone is 2. The molecular formula is C18H21ClN2. The van der Waals surface area contributed by atoms with E-state index >= 15 is 0 Å². The highest BCUT2D eigenvalue weighted by Gasteiger charge is 2.18. The molecule has 2 atom stereocenters. The molecule has 0 bridgehead atoms. The summed E-state index contributed by atoms with van der Waals surface area (Å²) >= 11 is 6.22. The summed E-state index contributed by atoms with van der Waals surface area (Å²) in [6.07, 6.45) is 6.64. The van der Waals surface area contributed by atoms with Gasteiger partial charge < -0.3 is 5.32 Å². The summed E-state index contributed by atoms with van der Waals surface area (Å²) in [5.41, 5.74) is 3.52. The summed E-state index contributed by atoms with van der Waals surface area (Å²) in [5, 5.41) is 5.41. The molecule has 1 heterocycles. The maximum absolute atomic E-state index is 6.22. The fourth-order valence-corrected chi connectivity index (χ4v) is 3.60. The van der Waals surface area contributed by atoms with E-state index in [4.69, 9.17) is 11.6 Å². The Bertz CT molecular complexity index is 678. The van der Waals surface area contributed by atoms with Crippen LogP contribution in [0.3, 0.4) is 0 Å². The third-order valence-electron chi connectivity index (χ3n) is 4.19. The van der Waals surface area contributed by atoms with Gasteiger partial charge >= 0.3 is 0 Å². The quantitative estimate of drug-likeness (QED) is 0.779. The van der Waals surface area contributed by atoms with Crippen molar-refractivity contribution in [2.45, 2.75) is 26.7 Å². The summed E-state index contributed by atoms with van der Waals surface area (Å²) in [4.78, 5) is 4.38. The van der Waals surface area contributed by atoms with Crippen LogP contribution < -0.4 is 5.32 Å². The van der Waals surface area contributed by atoms with Gasteiger partial charge in [0.25, 0.3) is 0 Å². The van der Waals surface area contributed by atoms with E-state index in [1.54, 1.807) is 6.20 Å². The molecule has 0 saturated carbocycles. The lowest BCUT2D eigenvalue weighted by molar-refractivity contribution is 0.421. The molecule has 0 fully saturated rings. The van der Waals surface area contributed by atoms with Crippen molar-refractivity contribution in [3.05, 3.63) is 47.1 Å². The predicted octanol–water partition coefficient (Wildman–Crippen LogP) is 5.29. The van der Waals surface area contributed by atoms with E-state index in [0.29, 0.717) is 16.9 Å². The Kier molecular flexibility index (Phi) is 4.16. The summed E-state index contributed by atoms with van der Waals surface area (Å²) in [6.45, 7) is 5.54. The Balaban J connectivity index is 1.77. The Morgan fingerprint density at radius 3 is 3.00 bits per heavy atom. The number of halogens is 1. The SMILES string of the molecule is CC1=CC(C)CC(CNc2ccc(Cl)c3ncccc23)C1. The average Bonchev–Trinajstić information content (AvgIpc) is 2.46. The molecule has 0 aliphatic heterocycles. The van der Waals surface area contributed by atoms with E-state index in [-0.39, 0.29) is 0 Å². The number of aromatic nitrogens is 1. The molecule has 21 heavy (non-hydrogen) atoms. The van der Waals surface area contributed by atoms with Crippen LogP contribution in [0.25, 0.3) is 10.9 Å². The molecule has 3 heteroatoms. The van der Waals surface area contributed by atoms with Crippen LogP contribution in [0.5, 0.6) is 0 Å². The van der Waals surface area contributed by atoms with Crippen LogP contribution in [0.2, 0.25) is 5.02 Å². The largest absolute Gasteiger partial charge is 0.384 e. The van der Waals surface area contributed by atoms with E-state index in [9.17, 15) is 0 Å². The topological polar surface area (TPSA) is 24.9 Å². The van der Waals surface area contributed by atoms with E-state index in [0.717, 1.165) is 23.1 Å². The minimum absolute atomic E-state index is 0.689. The predicted molar refractivity (Wildman–Crippen MR) is 90.9 cm³/mol.